The van der Waals surface area contributed by atoms with Gasteiger partial charge in [-0.1, -0.05) is 13.8 Å². The molecule has 0 spiro atoms. The molecule has 0 aromatic carbocycles. The Bertz CT molecular complexity index is 591. The van der Waals surface area contributed by atoms with E-state index in [1.165, 1.54) is 5.56 Å². The highest BCUT2D eigenvalue weighted by Gasteiger charge is 2.30. The number of hydrogen-bond acceptors (Lipinski definition) is 4. The van der Waals surface area contributed by atoms with Gasteiger partial charge in [-0.05, 0) is 56.7 Å². The fraction of sp³-hybridized carbons (Fsp3) is 0.800. The standard InChI is InChI=1S/C20H34N4O2/c1-15(2)13-23-9-7-16(8-10-23)20(25)21-18-6-4-5-17-14-24(11-12-26-3)22-19(17)18/h14-16,18H,4-13H2,1-3H3,(H,21,25). The van der Waals surface area contributed by atoms with Gasteiger partial charge < -0.3 is 15.0 Å². The van der Waals surface area contributed by atoms with E-state index in [-0.39, 0.29) is 17.9 Å². The Labute approximate surface area is 157 Å². The number of likely N-dealkylation sites (tertiary alicyclic amines) is 1. The lowest BCUT2D eigenvalue weighted by Gasteiger charge is -2.33. The van der Waals surface area contributed by atoms with E-state index in [1.54, 1.807) is 7.11 Å². The van der Waals surface area contributed by atoms with Crippen LogP contribution >= 0.6 is 0 Å². The second-order valence-corrected chi connectivity index (χ2v) is 8.22. The van der Waals surface area contributed by atoms with Gasteiger partial charge in [-0.3, -0.25) is 9.48 Å². The summed E-state index contributed by atoms with van der Waals surface area (Å²) in [7, 11) is 1.71. The molecule has 0 bridgehead atoms. The van der Waals surface area contributed by atoms with Crippen LogP contribution in [-0.4, -0.2) is 53.9 Å². The summed E-state index contributed by atoms with van der Waals surface area (Å²) in [5.41, 5.74) is 2.35. The Kier molecular flexibility index (Phi) is 6.70. The summed E-state index contributed by atoms with van der Waals surface area (Å²) < 4.78 is 7.11. The van der Waals surface area contributed by atoms with E-state index in [4.69, 9.17) is 9.84 Å². The zero-order valence-electron chi connectivity index (χ0n) is 16.5. The lowest BCUT2D eigenvalue weighted by molar-refractivity contribution is -0.127. The van der Waals surface area contributed by atoms with Crippen molar-refractivity contribution in [1.82, 2.24) is 20.0 Å². The number of methoxy groups -OCH3 is 1. The molecule has 0 saturated carbocycles. The fourth-order valence-electron chi connectivity index (χ4n) is 4.22. The van der Waals surface area contributed by atoms with E-state index in [0.717, 1.165) is 64.0 Å². The monoisotopic (exact) mass is 362 g/mol. The summed E-state index contributed by atoms with van der Waals surface area (Å²) in [6.45, 7) is 9.15. The van der Waals surface area contributed by atoms with Crippen LogP contribution in [0.3, 0.4) is 0 Å². The van der Waals surface area contributed by atoms with E-state index in [0.29, 0.717) is 12.5 Å². The van der Waals surface area contributed by atoms with Gasteiger partial charge in [-0.2, -0.15) is 5.10 Å². The van der Waals surface area contributed by atoms with Crippen molar-refractivity contribution < 1.29 is 9.53 Å². The van der Waals surface area contributed by atoms with Crippen molar-refractivity contribution in [2.24, 2.45) is 11.8 Å². The van der Waals surface area contributed by atoms with Gasteiger partial charge in [-0.15, -0.1) is 0 Å². The Morgan fingerprint density at radius 3 is 2.81 bits per heavy atom. The summed E-state index contributed by atoms with van der Waals surface area (Å²) in [5, 5.41) is 8.03. The number of carbonyl (C=O) groups is 1. The molecule has 2 heterocycles. The number of fused-ring (bicyclic) bond motifs is 1. The summed E-state index contributed by atoms with van der Waals surface area (Å²) in [6.07, 6.45) is 7.23. The first-order valence-corrected chi connectivity index (χ1v) is 10.1. The molecule has 1 aromatic heterocycles. The van der Waals surface area contributed by atoms with E-state index in [9.17, 15) is 4.79 Å². The van der Waals surface area contributed by atoms with Crippen LogP contribution in [-0.2, 0) is 22.5 Å². The molecular formula is C20H34N4O2. The molecule has 6 heteroatoms. The molecule has 146 valence electrons. The van der Waals surface area contributed by atoms with Gasteiger partial charge in [0.1, 0.15) is 0 Å². The van der Waals surface area contributed by atoms with Crippen LogP contribution in [0.15, 0.2) is 6.20 Å². The van der Waals surface area contributed by atoms with Gasteiger partial charge in [0.15, 0.2) is 0 Å². The number of aryl methyl sites for hydroxylation is 1. The average Bonchev–Trinajstić information content (AvgIpc) is 3.04. The normalized spacial score (nSPS) is 21.8. The van der Waals surface area contributed by atoms with E-state index in [1.807, 2.05) is 4.68 Å². The molecule has 1 saturated heterocycles. The Balaban J connectivity index is 1.55. The number of piperidine rings is 1. The van der Waals surface area contributed by atoms with Crippen LogP contribution in [0.4, 0.5) is 0 Å². The maximum atomic E-state index is 12.8. The molecule has 1 aliphatic carbocycles. The van der Waals surface area contributed by atoms with Gasteiger partial charge in [0, 0.05) is 25.8 Å². The van der Waals surface area contributed by atoms with Crippen LogP contribution in [0.2, 0.25) is 0 Å². The topological polar surface area (TPSA) is 59.4 Å². The number of nitrogens with zero attached hydrogens (tertiary/aromatic N) is 3. The number of carbonyl (C=O) groups excluding carboxylic acids is 1. The number of aromatic nitrogens is 2. The second kappa shape index (κ2) is 9.00. The van der Waals surface area contributed by atoms with Crippen molar-refractivity contribution in [2.75, 3.05) is 33.4 Å². The highest BCUT2D eigenvalue weighted by atomic mass is 16.5. The van der Waals surface area contributed by atoms with Crippen molar-refractivity contribution in [1.29, 1.82) is 0 Å². The molecule has 1 fully saturated rings. The summed E-state index contributed by atoms with van der Waals surface area (Å²) >= 11 is 0. The minimum Gasteiger partial charge on any atom is -0.383 e. The van der Waals surface area contributed by atoms with Gasteiger partial charge in [-0.25, -0.2) is 0 Å². The van der Waals surface area contributed by atoms with E-state index < -0.39 is 0 Å². The van der Waals surface area contributed by atoms with Crippen LogP contribution in [0.1, 0.15) is 56.8 Å². The summed E-state index contributed by atoms with van der Waals surface area (Å²) in [6, 6.07) is 0.0729. The number of amides is 1. The van der Waals surface area contributed by atoms with Crippen molar-refractivity contribution >= 4 is 5.91 Å². The average molecular weight is 363 g/mol. The first kappa shape index (κ1) is 19.4. The van der Waals surface area contributed by atoms with Crippen molar-refractivity contribution in [2.45, 2.75) is 58.5 Å². The lowest BCUT2D eigenvalue weighted by Crippen LogP contribution is -2.43. The third kappa shape index (κ3) is 4.86. The molecule has 26 heavy (non-hydrogen) atoms. The van der Waals surface area contributed by atoms with Gasteiger partial charge >= 0.3 is 0 Å². The molecule has 1 aromatic rings. The molecule has 1 unspecified atom stereocenters. The van der Waals surface area contributed by atoms with Gasteiger partial charge in [0.2, 0.25) is 5.91 Å². The first-order valence-electron chi connectivity index (χ1n) is 10.1. The van der Waals surface area contributed by atoms with Gasteiger partial charge in [0.05, 0.1) is 24.9 Å². The quantitative estimate of drug-likeness (QED) is 0.809. The largest absolute Gasteiger partial charge is 0.383 e. The molecule has 6 nitrogen and oxygen atoms in total. The predicted molar refractivity (Wildman–Crippen MR) is 102 cm³/mol. The van der Waals surface area contributed by atoms with Crippen molar-refractivity contribution in [3.63, 3.8) is 0 Å². The van der Waals surface area contributed by atoms with Crippen LogP contribution < -0.4 is 5.32 Å². The van der Waals surface area contributed by atoms with Crippen LogP contribution in [0.25, 0.3) is 0 Å². The Morgan fingerprint density at radius 1 is 1.35 bits per heavy atom. The molecular weight excluding hydrogens is 328 g/mol. The molecule has 1 aliphatic heterocycles. The number of hydrogen-bond donors (Lipinski definition) is 1. The molecule has 3 rings (SSSR count). The lowest BCUT2D eigenvalue weighted by atomic mass is 9.91. The fourth-order valence-corrected chi connectivity index (χ4v) is 4.22. The maximum absolute atomic E-state index is 12.8. The first-order chi connectivity index (χ1) is 12.6. The zero-order valence-corrected chi connectivity index (χ0v) is 16.5. The Morgan fingerprint density at radius 2 is 2.12 bits per heavy atom. The summed E-state index contributed by atoms with van der Waals surface area (Å²) in [5.74, 6) is 1.06. The SMILES string of the molecule is COCCn1cc2c(n1)C(NC(=O)C1CCN(CC(C)C)CC1)CCC2. The number of ether oxygens (including phenoxy) is 1. The highest BCUT2D eigenvalue weighted by Crippen LogP contribution is 2.29. The number of rotatable bonds is 7. The van der Waals surface area contributed by atoms with Crippen LogP contribution in [0, 0.1) is 11.8 Å². The zero-order chi connectivity index (χ0) is 18.5. The third-order valence-electron chi connectivity index (χ3n) is 5.56. The maximum Gasteiger partial charge on any atom is 0.223 e. The summed E-state index contributed by atoms with van der Waals surface area (Å²) in [4.78, 5) is 15.3. The minimum atomic E-state index is 0.0729. The molecule has 1 N–H and O–H groups in total. The van der Waals surface area contributed by atoms with E-state index >= 15 is 0 Å². The minimum absolute atomic E-state index is 0.0729. The smallest absolute Gasteiger partial charge is 0.223 e. The molecule has 1 amide bonds. The van der Waals surface area contributed by atoms with Crippen molar-refractivity contribution in [3.05, 3.63) is 17.5 Å². The predicted octanol–water partition coefficient (Wildman–Crippen LogP) is 2.39. The van der Waals surface area contributed by atoms with Gasteiger partial charge in [0.25, 0.3) is 0 Å². The third-order valence-corrected chi connectivity index (χ3v) is 5.56. The van der Waals surface area contributed by atoms with Crippen LogP contribution in [0.5, 0.6) is 0 Å². The molecule has 2 aliphatic rings. The Hall–Kier alpha value is -1.40. The molecule has 1 atom stereocenters. The highest BCUT2D eigenvalue weighted by molar-refractivity contribution is 5.79. The second-order valence-electron chi connectivity index (χ2n) is 8.22. The van der Waals surface area contributed by atoms with E-state index in [2.05, 4.69) is 30.3 Å². The van der Waals surface area contributed by atoms with Crippen molar-refractivity contribution in [3.8, 4) is 0 Å². The number of nitrogens with one attached hydrogen (secondary N) is 1. The molecule has 0 radical (unpaired) electrons.